The molecule has 60 valence electrons. The summed E-state index contributed by atoms with van der Waals surface area (Å²) in [5, 5.41) is 5.63. The van der Waals surface area contributed by atoms with E-state index in [0.29, 0.717) is 4.77 Å². The van der Waals surface area contributed by atoms with Crippen LogP contribution in [0.5, 0.6) is 0 Å². The highest BCUT2D eigenvalue weighted by molar-refractivity contribution is 7.71. The maximum atomic E-state index is 5.39. The first-order valence-electron chi connectivity index (χ1n) is 3.62. The van der Waals surface area contributed by atoms with Crippen molar-refractivity contribution in [3.05, 3.63) is 10.6 Å². The van der Waals surface area contributed by atoms with Gasteiger partial charge in [0.1, 0.15) is 6.10 Å². The first-order valence-corrected chi connectivity index (χ1v) is 4.03. The molecule has 1 fully saturated rings. The number of H-pyrrole nitrogens is 2. The van der Waals surface area contributed by atoms with Crippen molar-refractivity contribution in [1.82, 2.24) is 15.2 Å². The summed E-state index contributed by atoms with van der Waals surface area (Å²) in [6, 6.07) is 0. The Morgan fingerprint density at radius 3 is 3.00 bits per heavy atom. The average molecular weight is 171 g/mol. The number of rotatable bonds is 1. The minimum Gasteiger partial charge on any atom is -0.370 e. The Labute approximate surface area is 69.0 Å². The van der Waals surface area contributed by atoms with Crippen molar-refractivity contribution < 1.29 is 4.74 Å². The lowest BCUT2D eigenvalue weighted by atomic mass is 10.2. The Morgan fingerprint density at radius 1 is 1.55 bits per heavy atom. The maximum absolute atomic E-state index is 5.39. The van der Waals surface area contributed by atoms with Gasteiger partial charge in [-0.25, -0.2) is 4.98 Å². The van der Waals surface area contributed by atoms with E-state index >= 15 is 0 Å². The fourth-order valence-electron chi connectivity index (χ4n) is 1.23. The van der Waals surface area contributed by atoms with Crippen molar-refractivity contribution >= 4 is 12.2 Å². The molecule has 0 aliphatic carbocycles. The first-order chi connectivity index (χ1) is 5.36. The third-order valence-electron chi connectivity index (χ3n) is 1.75. The van der Waals surface area contributed by atoms with Crippen molar-refractivity contribution in [2.75, 3.05) is 6.61 Å². The van der Waals surface area contributed by atoms with Gasteiger partial charge < -0.3 is 4.74 Å². The van der Waals surface area contributed by atoms with E-state index in [4.69, 9.17) is 17.0 Å². The predicted octanol–water partition coefficient (Wildman–Crippen LogP) is 1.32. The van der Waals surface area contributed by atoms with E-state index < -0.39 is 0 Å². The molecule has 1 aromatic heterocycles. The molecule has 0 radical (unpaired) electrons. The largest absolute Gasteiger partial charge is 0.370 e. The van der Waals surface area contributed by atoms with Crippen LogP contribution in [0.15, 0.2) is 0 Å². The van der Waals surface area contributed by atoms with Crippen LogP contribution >= 0.6 is 12.2 Å². The summed E-state index contributed by atoms with van der Waals surface area (Å²) in [4.78, 5) is 4.07. The first kappa shape index (κ1) is 7.00. The molecule has 5 heteroatoms. The molecule has 4 nitrogen and oxygen atoms in total. The number of aromatic amines is 2. The van der Waals surface area contributed by atoms with Gasteiger partial charge in [-0.2, -0.15) is 0 Å². The summed E-state index contributed by atoms with van der Waals surface area (Å²) in [7, 11) is 0. The van der Waals surface area contributed by atoms with Gasteiger partial charge in [-0.3, -0.25) is 10.2 Å². The van der Waals surface area contributed by atoms with E-state index in [1.165, 1.54) is 0 Å². The van der Waals surface area contributed by atoms with Crippen molar-refractivity contribution in [3.8, 4) is 0 Å². The molecule has 1 aliphatic rings. The van der Waals surface area contributed by atoms with Crippen LogP contribution in [-0.2, 0) is 4.74 Å². The zero-order valence-corrected chi connectivity index (χ0v) is 6.78. The van der Waals surface area contributed by atoms with Crippen LogP contribution in [0.25, 0.3) is 0 Å². The molecule has 0 aromatic carbocycles. The minimum absolute atomic E-state index is 0.128. The third kappa shape index (κ3) is 1.34. The lowest BCUT2D eigenvalue weighted by Gasteiger charge is -2.02. The second-order valence-electron chi connectivity index (χ2n) is 2.55. The van der Waals surface area contributed by atoms with Crippen LogP contribution in [0.1, 0.15) is 24.8 Å². The quantitative estimate of drug-likeness (QED) is 0.626. The van der Waals surface area contributed by atoms with Crippen LogP contribution in [0.2, 0.25) is 0 Å². The average Bonchev–Trinajstić information content (AvgIpc) is 2.55. The second-order valence-corrected chi connectivity index (χ2v) is 2.94. The molecule has 2 heterocycles. The minimum atomic E-state index is 0.128. The lowest BCUT2D eigenvalue weighted by molar-refractivity contribution is 0.105. The fourth-order valence-corrected chi connectivity index (χ4v) is 1.38. The van der Waals surface area contributed by atoms with Crippen LogP contribution in [0.3, 0.4) is 0 Å². The van der Waals surface area contributed by atoms with Crippen LogP contribution in [-0.4, -0.2) is 21.8 Å². The van der Waals surface area contributed by atoms with Crippen LogP contribution < -0.4 is 0 Å². The smallest absolute Gasteiger partial charge is 0.213 e. The standard InChI is InChI=1S/C6H9N3OS/c11-6-7-5(8-9-6)4-2-1-3-10-4/h4H,1-3H2,(H2,7,8,9,11)/t4-/m1/s1. The Hall–Kier alpha value is -0.680. The van der Waals surface area contributed by atoms with Gasteiger partial charge in [-0.15, -0.1) is 0 Å². The van der Waals surface area contributed by atoms with Crippen LogP contribution in [0, 0.1) is 4.77 Å². The topological polar surface area (TPSA) is 53.7 Å². The van der Waals surface area contributed by atoms with Crippen LogP contribution in [0.4, 0.5) is 0 Å². The Kier molecular flexibility index (Phi) is 1.75. The van der Waals surface area contributed by atoms with Gasteiger partial charge in [0.05, 0.1) is 0 Å². The van der Waals surface area contributed by atoms with E-state index in [0.717, 1.165) is 25.3 Å². The second kappa shape index (κ2) is 2.75. The summed E-state index contributed by atoms with van der Waals surface area (Å²) >= 11 is 4.81. The van der Waals surface area contributed by atoms with E-state index in [1.807, 2.05) is 0 Å². The predicted molar refractivity (Wildman–Crippen MR) is 41.7 cm³/mol. The molecular formula is C6H9N3OS. The molecule has 0 bridgehead atoms. The molecule has 0 unspecified atom stereocenters. The molecule has 2 N–H and O–H groups in total. The molecule has 1 atom stereocenters. The maximum Gasteiger partial charge on any atom is 0.213 e. The molecule has 1 aliphatic heterocycles. The molecular weight excluding hydrogens is 162 g/mol. The number of hydrogen-bond acceptors (Lipinski definition) is 3. The van der Waals surface area contributed by atoms with E-state index in [-0.39, 0.29) is 6.10 Å². The molecule has 1 aromatic rings. The summed E-state index contributed by atoms with van der Waals surface area (Å²) < 4.78 is 5.89. The van der Waals surface area contributed by atoms with Gasteiger partial charge in [-0.05, 0) is 25.1 Å². The normalized spacial score (nSPS) is 24.2. The molecule has 0 saturated carbocycles. The van der Waals surface area contributed by atoms with E-state index in [1.54, 1.807) is 0 Å². The number of ether oxygens (including phenoxy) is 1. The zero-order chi connectivity index (χ0) is 7.68. The molecule has 0 amide bonds. The summed E-state index contributed by atoms with van der Waals surface area (Å²) in [5.74, 6) is 0.826. The lowest BCUT2D eigenvalue weighted by Crippen LogP contribution is -1.97. The number of hydrogen-bond donors (Lipinski definition) is 2. The summed E-state index contributed by atoms with van der Waals surface area (Å²) in [5.41, 5.74) is 0. The monoisotopic (exact) mass is 171 g/mol. The zero-order valence-electron chi connectivity index (χ0n) is 5.96. The van der Waals surface area contributed by atoms with Crippen molar-refractivity contribution in [1.29, 1.82) is 0 Å². The van der Waals surface area contributed by atoms with Crippen molar-refractivity contribution in [3.63, 3.8) is 0 Å². The molecule has 1 saturated heterocycles. The van der Waals surface area contributed by atoms with Gasteiger partial charge in [0.15, 0.2) is 5.82 Å². The Bertz CT molecular complexity index is 286. The van der Waals surface area contributed by atoms with Crippen molar-refractivity contribution in [2.24, 2.45) is 0 Å². The molecule has 2 rings (SSSR count). The summed E-state index contributed by atoms with van der Waals surface area (Å²) in [6.45, 7) is 0.831. The fraction of sp³-hybridized carbons (Fsp3) is 0.667. The number of nitrogens with one attached hydrogen (secondary N) is 2. The van der Waals surface area contributed by atoms with Gasteiger partial charge in [0, 0.05) is 6.61 Å². The highest BCUT2D eigenvalue weighted by atomic mass is 32.1. The molecule has 0 spiro atoms. The number of aromatic nitrogens is 3. The molecule has 11 heavy (non-hydrogen) atoms. The van der Waals surface area contributed by atoms with Gasteiger partial charge >= 0.3 is 0 Å². The third-order valence-corrected chi connectivity index (χ3v) is 1.95. The van der Waals surface area contributed by atoms with Gasteiger partial charge in [-0.1, -0.05) is 0 Å². The Morgan fingerprint density at radius 2 is 2.45 bits per heavy atom. The highest BCUT2D eigenvalue weighted by Crippen LogP contribution is 2.24. The van der Waals surface area contributed by atoms with E-state index in [9.17, 15) is 0 Å². The van der Waals surface area contributed by atoms with Gasteiger partial charge in [0.2, 0.25) is 4.77 Å². The van der Waals surface area contributed by atoms with Crippen molar-refractivity contribution in [2.45, 2.75) is 18.9 Å². The number of nitrogens with zero attached hydrogens (tertiary/aromatic N) is 1. The highest BCUT2D eigenvalue weighted by Gasteiger charge is 2.19. The van der Waals surface area contributed by atoms with E-state index in [2.05, 4.69) is 15.2 Å². The summed E-state index contributed by atoms with van der Waals surface area (Å²) in [6.07, 6.45) is 2.27. The van der Waals surface area contributed by atoms with Gasteiger partial charge in [0.25, 0.3) is 0 Å². The SMILES string of the molecule is S=c1nc([C@H]2CCCO2)[nH][nH]1. The Balaban J connectivity index is 2.21.